The Morgan fingerprint density at radius 3 is 2.03 bits per heavy atom. The number of hydrogen-bond donors (Lipinski definition) is 1. The highest BCUT2D eigenvalue weighted by molar-refractivity contribution is 7.32. The molecule has 0 spiro atoms. The molecule has 2 aromatic carbocycles. The van der Waals surface area contributed by atoms with Gasteiger partial charge in [-0.05, 0) is 20.3 Å². The first-order chi connectivity index (χ1) is 14.3. The number of methoxy groups -OCH3 is 1. The summed E-state index contributed by atoms with van der Waals surface area (Å²) in [5.74, 6) is -6.45. The summed E-state index contributed by atoms with van der Waals surface area (Å²) in [5, 5.41) is 0. The van der Waals surface area contributed by atoms with E-state index in [2.05, 4.69) is 4.52 Å². The van der Waals surface area contributed by atoms with Crippen LogP contribution in [0.15, 0.2) is 24.3 Å². The number of rotatable bonds is 8. The van der Waals surface area contributed by atoms with Gasteiger partial charge in [0.15, 0.2) is 23.1 Å². The molecule has 172 valence electrons. The fourth-order valence-electron chi connectivity index (χ4n) is 2.39. The smallest absolute Gasteiger partial charge is 0.423 e. The quantitative estimate of drug-likeness (QED) is 0.371. The van der Waals surface area contributed by atoms with Gasteiger partial charge in [-0.2, -0.15) is 13.2 Å². The molecule has 0 saturated carbocycles. The molecule has 1 unspecified atom stereocenters. The van der Waals surface area contributed by atoms with Gasteiger partial charge in [-0.25, -0.2) is 13.3 Å². The standard InChI is InChI=1S/C19H20F5O6P/c1-5-18(2,3)29-17-14(21)9-13(20)16(15(17)19(22,23)24)28-11-6-10(27-4)7-12(8-11)30-31(25)26/h6-9,31H,5H2,1-4H3,(H,25,26). The zero-order valence-electron chi connectivity index (χ0n) is 16.9. The fourth-order valence-corrected chi connectivity index (χ4v) is 2.71. The Labute approximate surface area is 175 Å². The molecule has 0 aliphatic heterocycles. The van der Waals surface area contributed by atoms with Gasteiger partial charge < -0.3 is 23.6 Å². The summed E-state index contributed by atoms with van der Waals surface area (Å²) in [6, 6.07) is 3.41. The lowest BCUT2D eigenvalue weighted by Gasteiger charge is -2.28. The van der Waals surface area contributed by atoms with Crippen molar-refractivity contribution in [3.8, 4) is 28.7 Å². The SMILES string of the molecule is CCC(C)(C)Oc1c(F)cc(F)c(Oc2cc(OC)cc(O[PH](=O)O)c2)c1C(F)(F)F. The molecule has 6 nitrogen and oxygen atoms in total. The van der Waals surface area contributed by atoms with Gasteiger partial charge in [0.05, 0.1) is 7.11 Å². The van der Waals surface area contributed by atoms with E-state index in [1.165, 1.54) is 21.0 Å². The normalized spacial score (nSPS) is 13.0. The van der Waals surface area contributed by atoms with Crippen LogP contribution in [0.4, 0.5) is 22.0 Å². The van der Waals surface area contributed by atoms with Crippen LogP contribution in [-0.4, -0.2) is 17.6 Å². The van der Waals surface area contributed by atoms with E-state index < -0.39 is 54.5 Å². The van der Waals surface area contributed by atoms with Crippen molar-refractivity contribution in [3.63, 3.8) is 0 Å². The van der Waals surface area contributed by atoms with Gasteiger partial charge in [-0.3, -0.25) is 0 Å². The van der Waals surface area contributed by atoms with Crippen molar-refractivity contribution in [3.05, 3.63) is 41.5 Å². The van der Waals surface area contributed by atoms with E-state index in [-0.39, 0.29) is 24.0 Å². The van der Waals surface area contributed by atoms with E-state index in [9.17, 15) is 26.5 Å². The summed E-state index contributed by atoms with van der Waals surface area (Å²) < 4.78 is 101. The maximum absolute atomic E-state index is 14.4. The molecular weight excluding hydrogens is 450 g/mol. The minimum Gasteiger partial charge on any atom is -0.496 e. The summed E-state index contributed by atoms with van der Waals surface area (Å²) in [6.07, 6.45) is -5.01. The van der Waals surface area contributed by atoms with Crippen molar-refractivity contribution in [1.29, 1.82) is 0 Å². The predicted octanol–water partition coefficient (Wildman–Crippen LogP) is 6.11. The van der Waals surface area contributed by atoms with Gasteiger partial charge in [-0.1, -0.05) is 6.92 Å². The van der Waals surface area contributed by atoms with Crippen molar-refractivity contribution in [2.75, 3.05) is 7.11 Å². The highest BCUT2D eigenvalue weighted by atomic mass is 31.1. The molecule has 1 atom stereocenters. The van der Waals surface area contributed by atoms with E-state index in [1.54, 1.807) is 6.92 Å². The number of alkyl halides is 3. The van der Waals surface area contributed by atoms with Crippen LogP contribution in [0, 0.1) is 11.6 Å². The Bertz CT molecular complexity index is 977. The lowest BCUT2D eigenvalue weighted by molar-refractivity contribution is -0.141. The summed E-state index contributed by atoms with van der Waals surface area (Å²) in [7, 11) is -2.25. The first-order valence-corrected chi connectivity index (χ1v) is 10.1. The average molecular weight is 470 g/mol. The summed E-state index contributed by atoms with van der Waals surface area (Å²) in [5.41, 5.74) is -2.98. The Hall–Kier alpha value is -2.52. The van der Waals surface area contributed by atoms with Crippen LogP contribution in [0.25, 0.3) is 0 Å². The lowest BCUT2D eigenvalue weighted by atomic mass is 10.1. The number of benzene rings is 2. The molecule has 0 aliphatic carbocycles. The maximum Gasteiger partial charge on any atom is 0.423 e. The molecule has 0 saturated heterocycles. The molecule has 1 N–H and O–H groups in total. The lowest BCUT2D eigenvalue weighted by Crippen LogP contribution is -2.29. The highest BCUT2D eigenvalue weighted by Crippen LogP contribution is 2.48. The molecule has 0 amide bonds. The molecule has 31 heavy (non-hydrogen) atoms. The van der Waals surface area contributed by atoms with E-state index in [0.717, 1.165) is 18.2 Å². The minimum absolute atomic E-state index is 0.0181. The largest absolute Gasteiger partial charge is 0.496 e. The van der Waals surface area contributed by atoms with Gasteiger partial charge in [0.2, 0.25) is 0 Å². The molecular formula is C19H20F5O6P. The third kappa shape index (κ3) is 6.24. The van der Waals surface area contributed by atoms with Crippen molar-refractivity contribution < 1.29 is 50.1 Å². The molecule has 0 heterocycles. The van der Waals surface area contributed by atoms with Crippen LogP contribution >= 0.6 is 8.25 Å². The molecule has 2 rings (SSSR count). The second-order valence-electron chi connectivity index (χ2n) is 6.90. The van der Waals surface area contributed by atoms with Crippen LogP contribution in [0.2, 0.25) is 0 Å². The molecule has 0 bridgehead atoms. The summed E-state index contributed by atoms with van der Waals surface area (Å²) in [4.78, 5) is 8.92. The van der Waals surface area contributed by atoms with Gasteiger partial charge in [0.1, 0.15) is 28.4 Å². The molecule has 0 aliphatic rings. The number of halogens is 5. The molecule has 2 aromatic rings. The summed E-state index contributed by atoms with van der Waals surface area (Å²) >= 11 is 0. The third-order valence-corrected chi connectivity index (χ3v) is 4.58. The zero-order chi connectivity index (χ0) is 23.6. The zero-order valence-corrected chi connectivity index (χ0v) is 17.9. The maximum atomic E-state index is 14.4. The second-order valence-corrected chi connectivity index (χ2v) is 7.64. The second kappa shape index (κ2) is 9.32. The van der Waals surface area contributed by atoms with Gasteiger partial charge >= 0.3 is 14.4 Å². The number of ether oxygens (including phenoxy) is 3. The van der Waals surface area contributed by atoms with Crippen LogP contribution in [0.1, 0.15) is 32.8 Å². The van der Waals surface area contributed by atoms with E-state index in [0.29, 0.717) is 0 Å². The number of hydrogen-bond acceptors (Lipinski definition) is 5. The average Bonchev–Trinajstić information content (AvgIpc) is 2.63. The van der Waals surface area contributed by atoms with Gasteiger partial charge in [0.25, 0.3) is 0 Å². The van der Waals surface area contributed by atoms with Crippen molar-refractivity contribution in [2.24, 2.45) is 0 Å². The van der Waals surface area contributed by atoms with Crippen molar-refractivity contribution >= 4 is 8.25 Å². The minimum atomic E-state index is -5.24. The Balaban J connectivity index is 2.67. The van der Waals surface area contributed by atoms with Crippen LogP contribution in [-0.2, 0) is 10.7 Å². The van der Waals surface area contributed by atoms with E-state index in [1.807, 2.05) is 0 Å². The molecule has 0 aromatic heterocycles. The predicted molar refractivity (Wildman–Crippen MR) is 101 cm³/mol. The topological polar surface area (TPSA) is 74.2 Å². The first kappa shape index (κ1) is 24.7. The van der Waals surface area contributed by atoms with E-state index in [4.69, 9.17) is 19.1 Å². The third-order valence-electron chi connectivity index (χ3n) is 4.17. The van der Waals surface area contributed by atoms with Crippen molar-refractivity contribution in [1.82, 2.24) is 0 Å². The van der Waals surface area contributed by atoms with Gasteiger partial charge in [0, 0.05) is 24.3 Å². The molecule has 0 fully saturated rings. The van der Waals surface area contributed by atoms with Crippen LogP contribution < -0.4 is 18.7 Å². The monoisotopic (exact) mass is 470 g/mol. The van der Waals surface area contributed by atoms with E-state index >= 15 is 0 Å². The summed E-state index contributed by atoms with van der Waals surface area (Å²) in [6.45, 7) is 4.51. The Morgan fingerprint density at radius 2 is 1.52 bits per heavy atom. The first-order valence-electron chi connectivity index (χ1n) is 8.83. The fraction of sp³-hybridized carbons (Fsp3) is 0.368. The van der Waals surface area contributed by atoms with Gasteiger partial charge in [-0.15, -0.1) is 0 Å². The highest BCUT2D eigenvalue weighted by Gasteiger charge is 2.43. The molecule has 12 heteroatoms. The van der Waals surface area contributed by atoms with Crippen LogP contribution in [0.5, 0.6) is 28.7 Å². The Kier molecular flexibility index (Phi) is 7.44. The molecule has 0 radical (unpaired) electrons. The Morgan fingerprint density at radius 1 is 0.968 bits per heavy atom. The van der Waals surface area contributed by atoms with Crippen molar-refractivity contribution in [2.45, 2.75) is 39.0 Å². The van der Waals surface area contributed by atoms with Crippen LogP contribution in [0.3, 0.4) is 0 Å².